The summed E-state index contributed by atoms with van der Waals surface area (Å²) in [6.45, 7) is 1.95. The van der Waals surface area contributed by atoms with Crippen molar-refractivity contribution in [3.63, 3.8) is 0 Å². The summed E-state index contributed by atoms with van der Waals surface area (Å²) in [5, 5.41) is 11.2. The number of nitrogens with zero attached hydrogens (tertiary/aromatic N) is 2. The molecule has 1 fully saturated rings. The summed E-state index contributed by atoms with van der Waals surface area (Å²) >= 11 is 6.58. The molecule has 0 bridgehead atoms. The van der Waals surface area contributed by atoms with Crippen molar-refractivity contribution in [1.29, 1.82) is 0 Å². The molecule has 0 atom stereocenters. The van der Waals surface area contributed by atoms with Crippen molar-refractivity contribution in [2.75, 3.05) is 4.90 Å². The van der Waals surface area contributed by atoms with E-state index in [4.69, 9.17) is 16.6 Å². The van der Waals surface area contributed by atoms with E-state index in [1.165, 1.54) is 22.7 Å². The van der Waals surface area contributed by atoms with Gasteiger partial charge in [0.15, 0.2) is 4.32 Å². The van der Waals surface area contributed by atoms with Crippen molar-refractivity contribution in [1.82, 2.24) is 0 Å². The van der Waals surface area contributed by atoms with Crippen molar-refractivity contribution in [2.45, 2.75) is 6.92 Å². The second-order valence-electron chi connectivity index (χ2n) is 6.33. The number of amides is 1. The first-order valence-electron chi connectivity index (χ1n) is 8.62. The highest BCUT2D eigenvalue weighted by Crippen LogP contribution is 2.37. The predicted molar refractivity (Wildman–Crippen MR) is 118 cm³/mol. The van der Waals surface area contributed by atoms with Crippen molar-refractivity contribution < 1.29 is 14.1 Å². The highest BCUT2D eigenvalue weighted by atomic mass is 32.2. The summed E-state index contributed by atoms with van der Waals surface area (Å²) in [6, 6.07) is 17.2. The van der Waals surface area contributed by atoms with Crippen LogP contribution in [-0.2, 0) is 4.79 Å². The number of thiocarbonyl (C=S) groups is 1. The lowest BCUT2D eigenvalue weighted by atomic mass is 10.1. The lowest BCUT2D eigenvalue weighted by molar-refractivity contribution is -0.384. The molecule has 0 radical (unpaired) electrons. The number of carbonyl (C=O) groups is 1. The van der Waals surface area contributed by atoms with Crippen LogP contribution >= 0.6 is 24.0 Å². The van der Waals surface area contributed by atoms with Crippen LogP contribution in [0.15, 0.2) is 70.0 Å². The monoisotopic (exact) mass is 422 g/mol. The number of hydrogen-bond acceptors (Lipinski definition) is 6. The molecule has 3 aromatic rings. The average molecular weight is 422 g/mol. The van der Waals surface area contributed by atoms with Gasteiger partial charge in [-0.05, 0) is 42.8 Å². The van der Waals surface area contributed by atoms with Crippen LogP contribution in [0.25, 0.3) is 17.4 Å². The molecule has 2 aromatic carbocycles. The minimum atomic E-state index is -0.454. The van der Waals surface area contributed by atoms with Gasteiger partial charge in [0.2, 0.25) is 0 Å². The Morgan fingerprint density at radius 2 is 1.93 bits per heavy atom. The average Bonchev–Trinajstić information content (AvgIpc) is 3.26. The Bertz CT molecular complexity index is 1180. The minimum absolute atomic E-state index is 0.0424. The molecule has 6 nitrogen and oxygen atoms in total. The number of furan rings is 1. The van der Waals surface area contributed by atoms with Gasteiger partial charge in [-0.15, -0.1) is 0 Å². The zero-order valence-electron chi connectivity index (χ0n) is 15.2. The van der Waals surface area contributed by atoms with Gasteiger partial charge < -0.3 is 4.42 Å². The molecule has 29 heavy (non-hydrogen) atoms. The van der Waals surface area contributed by atoms with Gasteiger partial charge in [0.1, 0.15) is 11.5 Å². The maximum absolute atomic E-state index is 12.9. The van der Waals surface area contributed by atoms with Crippen LogP contribution in [0.5, 0.6) is 0 Å². The van der Waals surface area contributed by atoms with Crippen LogP contribution in [0.2, 0.25) is 0 Å². The Morgan fingerprint density at radius 1 is 1.14 bits per heavy atom. The zero-order valence-corrected chi connectivity index (χ0v) is 16.8. The van der Waals surface area contributed by atoms with Gasteiger partial charge in [0.25, 0.3) is 11.6 Å². The molecular weight excluding hydrogens is 408 g/mol. The predicted octanol–water partition coefficient (Wildman–Crippen LogP) is 5.57. The minimum Gasteiger partial charge on any atom is -0.456 e. The van der Waals surface area contributed by atoms with E-state index in [0.717, 1.165) is 11.3 Å². The SMILES string of the molecule is Cc1cccc(N2C(=O)/C(=C\c3ccc(-c4ccccc4[N+](=O)[O-])o3)SC2=S)c1. The van der Waals surface area contributed by atoms with E-state index in [-0.39, 0.29) is 11.6 Å². The number of aryl methyl sites for hydroxylation is 1. The normalized spacial score (nSPS) is 15.3. The number of carbonyl (C=O) groups excluding carboxylic acids is 1. The molecule has 1 aliphatic heterocycles. The quantitative estimate of drug-likeness (QED) is 0.237. The molecule has 1 amide bonds. The second-order valence-corrected chi connectivity index (χ2v) is 8.01. The highest BCUT2D eigenvalue weighted by Gasteiger charge is 2.33. The van der Waals surface area contributed by atoms with Gasteiger partial charge in [-0.1, -0.05) is 48.2 Å². The Hall–Kier alpha value is -3.23. The van der Waals surface area contributed by atoms with Crippen molar-refractivity contribution >= 4 is 51.7 Å². The molecule has 0 unspecified atom stereocenters. The fourth-order valence-electron chi connectivity index (χ4n) is 3.00. The van der Waals surface area contributed by atoms with E-state index < -0.39 is 4.92 Å². The highest BCUT2D eigenvalue weighted by molar-refractivity contribution is 8.27. The van der Waals surface area contributed by atoms with Crippen molar-refractivity contribution in [3.05, 3.63) is 87.0 Å². The van der Waals surface area contributed by atoms with Crippen molar-refractivity contribution in [2.24, 2.45) is 0 Å². The fraction of sp³-hybridized carbons (Fsp3) is 0.0476. The van der Waals surface area contributed by atoms with Gasteiger partial charge in [-0.25, -0.2) is 0 Å². The Kier molecular flexibility index (Phi) is 5.04. The molecular formula is C21H14N2O4S2. The van der Waals surface area contributed by atoms with Crippen LogP contribution in [0.3, 0.4) is 0 Å². The van der Waals surface area contributed by atoms with Crippen LogP contribution < -0.4 is 4.90 Å². The number of nitro groups is 1. The third kappa shape index (κ3) is 3.72. The molecule has 0 saturated carbocycles. The van der Waals surface area contributed by atoms with E-state index in [9.17, 15) is 14.9 Å². The zero-order chi connectivity index (χ0) is 20.5. The third-order valence-electron chi connectivity index (χ3n) is 4.32. The largest absolute Gasteiger partial charge is 0.456 e. The standard InChI is InChI=1S/C21H14N2O4S2/c1-13-5-4-6-14(11-13)22-20(24)19(29-21(22)28)12-15-9-10-18(27-15)16-7-2-3-8-17(16)23(25)26/h2-12H,1H3/b19-12+. The lowest BCUT2D eigenvalue weighted by Crippen LogP contribution is -2.27. The Morgan fingerprint density at radius 3 is 2.69 bits per heavy atom. The number of benzene rings is 2. The molecule has 4 rings (SSSR count). The third-order valence-corrected chi connectivity index (χ3v) is 5.62. The van der Waals surface area contributed by atoms with E-state index in [1.807, 2.05) is 31.2 Å². The molecule has 1 aliphatic rings. The molecule has 1 saturated heterocycles. The summed E-state index contributed by atoms with van der Waals surface area (Å²) in [4.78, 5) is 25.6. The topological polar surface area (TPSA) is 76.6 Å². The van der Waals surface area contributed by atoms with Gasteiger partial charge in [0.05, 0.1) is 21.1 Å². The van der Waals surface area contributed by atoms with Crippen LogP contribution in [0, 0.1) is 17.0 Å². The fourth-order valence-corrected chi connectivity index (χ4v) is 4.28. The van der Waals surface area contributed by atoms with Crippen LogP contribution in [-0.4, -0.2) is 15.2 Å². The van der Waals surface area contributed by atoms with Crippen molar-refractivity contribution in [3.8, 4) is 11.3 Å². The summed E-state index contributed by atoms with van der Waals surface area (Å²) in [5.41, 5.74) is 2.08. The number of rotatable bonds is 4. The molecule has 144 valence electrons. The van der Waals surface area contributed by atoms with E-state index in [1.54, 1.807) is 36.4 Å². The number of thioether (sulfide) groups is 1. The van der Waals surface area contributed by atoms with E-state index in [2.05, 4.69) is 0 Å². The molecule has 0 N–H and O–H groups in total. The first kappa shape index (κ1) is 19.1. The van der Waals surface area contributed by atoms with Gasteiger partial charge in [-0.2, -0.15) is 0 Å². The second kappa shape index (κ2) is 7.65. The Labute approximate surface area is 176 Å². The molecule has 1 aromatic heterocycles. The van der Waals surface area contributed by atoms with E-state index >= 15 is 0 Å². The van der Waals surface area contributed by atoms with Gasteiger partial charge in [0, 0.05) is 12.1 Å². The van der Waals surface area contributed by atoms with Gasteiger partial charge >= 0.3 is 0 Å². The van der Waals surface area contributed by atoms with Gasteiger partial charge in [-0.3, -0.25) is 19.8 Å². The molecule has 2 heterocycles. The number of hydrogen-bond donors (Lipinski definition) is 0. The Balaban J connectivity index is 1.64. The maximum atomic E-state index is 12.9. The summed E-state index contributed by atoms with van der Waals surface area (Å²) in [5.74, 6) is 0.551. The lowest BCUT2D eigenvalue weighted by Gasteiger charge is -2.14. The molecule has 0 spiro atoms. The van der Waals surface area contributed by atoms with Crippen LogP contribution in [0.1, 0.15) is 11.3 Å². The number of nitro benzene ring substituents is 1. The first-order chi connectivity index (χ1) is 13.9. The first-order valence-corrected chi connectivity index (χ1v) is 9.85. The summed E-state index contributed by atoms with van der Waals surface area (Å²) < 4.78 is 6.20. The molecule has 8 heteroatoms. The number of para-hydroxylation sites is 1. The van der Waals surface area contributed by atoms with Crippen LogP contribution in [0.4, 0.5) is 11.4 Å². The maximum Gasteiger partial charge on any atom is 0.280 e. The molecule has 0 aliphatic carbocycles. The van der Waals surface area contributed by atoms with E-state index in [0.29, 0.717) is 26.3 Å². The smallest absolute Gasteiger partial charge is 0.280 e. The number of anilines is 1. The summed E-state index contributed by atoms with van der Waals surface area (Å²) in [6.07, 6.45) is 1.60. The summed E-state index contributed by atoms with van der Waals surface area (Å²) in [7, 11) is 0.